The van der Waals surface area contributed by atoms with E-state index in [4.69, 9.17) is 4.74 Å². The van der Waals surface area contributed by atoms with Crippen molar-refractivity contribution in [3.8, 4) is 0 Å². The molecule has 2 aliphatic heterocycles. The third-order valence-electron chi connectivity index (χ3n) is 5.90. The molecule has 0 radical (unpaired) electrons. The van der Waals surface area contributed by atoms with Crippen molar-refractivity contribution in [2.75, 3.05) is 49.1 Å². The molecule has 2 fully saturated rings. The number of rotatable bonds is 5. The number of amides is 2. The van der Waals surface area contributed by atoms with Gasteiger partial charge in [0.15, 0.2) is 6.61 Å². The normalized spacial score (nSPS) is 18.9. The van der Waals surface area contributed by atoms with E-state index in [0.717, 1.165) is 30.0 Å². The van der Waals surface area contributed by atoms with E-state index in [1.807, 2.05) is 49.4 Å². The first kappa shape index (κ1) is 20.9. The lowest BCUT2D eigenvalue weighted by atomic mass is 10.1. The molecule has 0 spiro atoms. The molecule has 0 aliphatic carbocycles. The number of carbonyl (C=O) groups excluding carboxylic acids is 3. The van der Waals surface area contributed by atoms with Gasteiger partial charge >= 0.3 is 5.97 Å². The van der Waals surface area contributed by atoms with Gasteiger partial charge in [-0.3, -0.25) is 14.4 Å². The summed E-state index contributed by atoms with van der Waals surface area (Å²) in [4.78, 5) is 42.9. The van der Waals surface area contributed by atoms with E-state index in [0.29, 0.717) is 13.1 Å². The maximum absolute atomic E-state index is 12.5. The summed E-state index contributed by atoms with van der Waals surface area (Å²) in [6, 6.07) is 17.7. The molecule has 0 aromatic heterocycles. The SMILES string of the molecule is Cc1ccc(N2C[C@H](C(=O)OCC(=O)N3CCN(c4ccccc4)CC3)CC2=O)cc1. The van der Waals surface area contributed by atoms with E-state index < -0.39 is 11.9 Å². The van der Waals surface area contributed by atoms with Crippen LogP contribution >= 0.6 is 0 Å². The quantitative estimate of drug-likeness (QED) is 0.693. The first-order valence-corrected chi connectivity index (χ1v) is 10.6. The van der Waals surface area contributed by atoms with Gasteiger partial charge in [-0.15, -0.1) is 0 Å². The third kappa shape index (κ3) is 4.87. The Morgan fingerprint density at radius 3 is 2.29 bits per heavy atom. The molecule has 0 unspecified atom stereocenters. The fraction of sp³-hybridized carbons (Fsp3) is 0.375. The first-order chi connectivity index (χ1) is 15.0. The zero-order chi connectivity index (χ0) is 21.8. The Hall–Kier alpha value is -3.35. The monoisotopic (exact) mass is 421 g/mol. The summed E-state index contributed by atoms with van der Waals surface area (Å²) in [7, 11) is 0. The number of anilines is 2. The highest BCUT2D eigenvalue weighted by Gasteiger charge is 2.36. The topological polar surface area (TPSA) is 70.2 Å². The highest BCUT2D eigenvalue weighted by Crippen LogP contribution is 2.26. The van der Waals surface area contributed by atoms with E-state index >= 15 is 0 Å². The number of hydrogen-bond donors (Lipinski definition) is 0. The second kappa shape index (κ2) is 9.20. The van der Waals surface area contributed by atoms with Crippen molar-refractivity contribution in [1.82, 2.24) is 4.90 Å². The maximum Gasteiger partial charge on any atom is 0.311 e. The van der Waals surface area contributed by atoms with Crippen molar-refractivity contribution in [2.24, 2.45) is 5.92 Å². The predicted molar refractivity (Wildman–Crippen MR) is 118 cm³/mol. The van der Waals surface area contributed by atoms with Gasteiger partial charge in [0.05, 0.1) is 5.92 Å². The van der Waals surface area contributed by atoms with Gasteiger partial charge in [0.25, 0.3) is 5.91 Å². The third-order valence-corrected chi connectivity index (χ3v) is 5.90. The Morgan fingerprint density at radius 1 is 0.935 bits per heavy atom. The van der Waals surface area contributed by atoms with Gasteiger partial charge in [-0.1, -0.05) is 35.9 Å². The molecule has 4 rings (SSSR count). The van der Waals surface area contributed by atoms with Crippen LogP contribution in [0.3, 0.4) is 0 Å². The number of benzene rings is 2. The Labute approximate surface area is 182 Å². The standard InChI is InChI=1S/C24H27N3O4/c1-18-7-9-21(10-8-18)27-16-19(15-22(27)28)24(30)31-17-23(29)26-13-11-25(12-14-26)20-5-3-2-4-6-20/h2-10,19H,11-17H2,1H3/t19-/m1/s1. The predicted octanol–water partition coefficient (Wildman–Crippen LogP) is 2.24. The number of piperazine rings is 1. The first-order valence-electron chi connectivity index (χ1n) is 10.6. The second-order valence-electron chi connectivity index (χ2n) is 8.05. The van der Waals surface area contributed by atoms with Gasteiger partial charge in [-0.05, 0) is 31.2 Å². The van der Waals surface area contributed by atoms with Crippen LogP contribution in [0.2, 0.25) is 0 Å². The van der Waals surface area contributed by atoms with Crippen LogP contribution in [0.5, 0.6) is 0 Å². The van der Waals surface area contributed by atoms with Crippen LogP contribution in [0, 0.1) is 12.8 Å². The Bertz CT molecular complexity index is 937. The van der Waals surface area contributed by atoms with Gasteiger partial charge in [-0.2, -0.15) is 0 Å². The van der Waals surface area contributed by atoms with E-state index in [1.165, 1.54) is 0 Å². The summed E-state index contributed by atoms with van der Waals surface area (Å²) in [5, 5.41) is 0. The molecule has 7 nitrogen and oxygen atoms in total. The summed E-state index contributed by atoms with van der Waals surface area (Å²) in [6.45, 7) is 4.65. The summed E-state index contributed by atoms with van der Waals surface area (Å²) in [5.41, 5.74) is 3.03. The summed E-state index contributed by atoms with van der Waals surface area (Å²) in [5.74, 6) is -1.33. The molecule has 2 aliphatic rings. The number of carbonyl (C=O) groups is 3. The molecule has 0 saturated carbocycles. The lowest BCUT2D eigenvalue weighted by Crippen LogP contribution is -2.50. The molecule has 162 valence electrons. The highest BCUT2D eigenvalue weighted by atomic mass is 16.5. The van der Waals surface area contributed by atoms with Crippen molar-refractivity contribution < 1.29 is 19.1 Å². The molecule has 2 saturated heterocycles. The Balaban J connectivity index is 1.24. The zero-order valence-corrected chi connectivity index (χ0v) is 17.7. The summed E-state index contributed by atoms with van der Waals surface area (Å²) >= 11 is 0. The van der Waals surface area contributed by atoms with Gasteiger partial charge in [0.2, 0.25) is 5.91 Å². The minimum Gasteiger partial charge on any atom is -0.455 e. The summed E-state index contributed by atoms with van der Waals surface area (Å²) in [6.07, 6.45) is 0.108. The maximum atomic E-state index is 12.5. The Kier molecular flexibility index (Phi) is 6.21. The summed E-state index contributed by atoms with van der Waals surface area (Å²) < 4.78 is 5.28. The molecule has 2 aromatic rings. The van der Waals surface area contributed by atoms with Crippen LogP contribution < -0.4 is 9.80 Å². The number of hydrogen-bond acceptors (Lipinski definition) is 5. The van der Waals surface area contributed by atoms with Crippen molar-refractivity contribution in [3.05, 3.63) is 60.2 Å². The lowest BCUT2D eigenvalue weighted by molar-refractivity contribution is -0.155. The number of nitrogens with zero attached hydrogens (tertiary/aromatic N) is 3. The number of esters is 1. The molecule has 7 heteroatoms. The number of ether oxygens (including phenoxy) is 1. The molecule has 2 aromatic carbocycles. The smallest absolute Gasteiger partial charge is 0.311 e. The molecule has 0 N–H and O–H groups in total. The largest absolute Gasteiger partial charge is 0.455 e. The fourth-order valence-electron chi connectivity index (χ4n) is 4.03. The van der Waals surface area contributed by atoms with Gasteiger partial charge in [0.1, 0.15) is 0 Å². The van der Waals surface area contributed by atoms with Crippen LogP contribution in [-0.4, -0.2) is 62.0 Å². The minimum absolute atomic E-state index is 0.103. The molecule has 31 heavy (non-hydrogen) atoms. The van der Waals surface area contributed by atoms with E-state index in [9.17, 15) is 14.4 Å². The molecule has 0 bridgehead atoms. The molecule has 2 amide bonds. The Morgan fingerprint density at radius 2 is 1.61 bits per heavy atom. The van der Waals surface area contributed by atoms with Gasteiger partial charge < -0.3 is 19.4 Å². The molecular weight excluding hydrogens is 394 g/mol. The van der Waals surface area contributed by atoms with E-state index in [-0.39, 0.29) is 31.4 Å². The van der Waals surface area contributed by atoms with Crippen molar-refractivity contribution in [1.29, 1.82) is 0 Å². The highest BCUT2D eigenvalue weighted by molar-refractivity contribution is 5.99. The number of para-hydroxylation sites is 1. The zero-order valence-electron chi connectivity index (χ0n) is 17.7. The van der Waals surface area contributed by atoms with Crippen LogP contribution in [0.4, 0.5) is 11.4 Å². The molecule has 2 heterocycles. The minimum atomic E-state index is -0.545. The fourth-order valence-corrected chi connectivity index (χ4v) is 4.03. The van der Waals surface area contributed by atoms with Crippen LogP contribution in [0.15, 0.2) is 54.6 Å². The number of aryl methyl sites for hydroxylation is 1. The van der Waals surface area contributed by atoms with Gasteiger partial charge in [-0.25, -0.2) is 0 Å². The van der Waals surface area contributed by atoms with Crippen molar-refractivity contribution in [3.63, 3.8) is 0 Å². The van der Waals surface area contributed by atoms with Crippen molar-refractivity contribution >= 4 is 29.2 Å². The lowest BCUT2D eigenvalue weighted by Gasteiger charge is -2.36. The van der Waals surface area contributed by atoms with Crippen molar-refractivity contribution in [2.45, 2.75) is 13.3 Å². The average molecular weight is 421 g/mol. The molecular formula is C24H27N3O4. The van der Waals surface area contributed by atoms with Gasteiger partial charge in [0, 0.05) is 50.5 Å². The van der Waals surface area contributed by atoms with Crippen LogP contribution in [0.1, 0.15) is 12.0 Å². The van der Waals surface area contributed by atoms with Crippen LogP contribution in [-0.2, 0) is 19.1 Å². The van der Waals surface area contributed by atoms with Crippen LogP contribution in [0.25, 0.3) is 0 Å². The molecule has 1 atom stereocenters. The van der Waals surface area contributed by atoms with E-state index in [2.05, 4.69) is 17.0 Å². The van der Waals surface area contributed by atoms with E-state index in [1.54, 1.807) is 9.80 Å². The average Bonchev–Trinajstić information content (AvgIpc) is 3.20. The second-order valence-corrected chi connectivity index (χ2v) is 8.05.